The molecule has 2 aromatic carbocycles. The van der Waals surface area contributed by atoms with Crippen LogP contribution in [-0.4, -0.2) is 20.0 Å². The summed E-state index contributed by atoms with van der Waals surface area (Å²) in [6.07, 6.45) is 0. The highest BCUT2D eigenvalue weighted by Gasteiger charge is 2.18. The Bertz CT molecular complexity index is 656. The monoisotopic (exact) mass is 335 g/mol. The van der Waals surface area contributed by atoms with Gasteiger partial charge in [-0.25, -0.2) is 0 Å². The van der Waals surface area contributed by atoms with Crippen LogP contribution in [0, 0.1) is 0 Å². The second-order valence-electron chi connectivity index (χ2n) is 4.10. The number of nitrogen functional groups attached to an aromatic ring is 1. The summed E-state index contributed by atoms with van der Waals surface area (Å²) in [6.45, 7) is 0. The Kier molecular flexibility index (Phi) is 4.29. The molecule has 20 heavy (non-hydrogen) atoms. The van der Waals surface area contributed by atoms with Crippen LogP contribution in [-0.2, 0) is 0 Å². The number of hydrogen-bond acceptors (Lipinski definition) is 4. The lowest BCUT2D eigenvalue weighted by Gasteiger charge is -2.12. The van der Waals surface area contributed by atoms with Gasteiger partial charge in [0.05, 0.1) is 14.2 Å². The number of rotatable bonds is 4. The minimum atomic E-state index is -0.170. The van der Waals surface area contributed by atoms with E-state index in [4.69, 9.17) is 15.2 Å². The molecule has 0 fully saturated rings. The Morgan fingerprint density at radius 2 is 1.65 bits per heavy atom. The summed E-state index contributed by atoms with van der Waals surface area (Å²) in [5, 5.41) is 0. The number of hydrogen-bond donors (Lipinski definition) is 1. The highest BCUT2D eigenvalue weighted by atomic mass is 79.9. The number of nitrogens with two attached hydrogens (primary N) is 1. The molecule has 0 amide bonds. The van der Waals surface area contributed by atoms with Gasteiger partial charge < -0.3 is 15.2 Å². The lowest BCUT2D eigenvalue weighted by atomic mass is 10.0. The van der Waals surface area contributed by atoms with Gasteiger partial charge in [-0.1, -0.05) is 12.1 Å². The molecule has 0 aliphatic heterocycles. The van der Waals surface area contributed by atoms with E-state index in [9.17, 15) is 4.79 Å². The van der Waals surface area contributed by atoms with Gasteiger partial charge in [0.2, 0.25) is 0 Å². The van der Waals surface area contributed by atoms with Gasteiger partial charge in [-0.15, -0.1) is 0 Å². The molecule has 0 heterocycles. The Hall–Kier alpha value is -2.01. The third-order valence-corrected chi connectivity index (χ3v) is 3.58. The topological polar surface area (TPSA) is 61.5 Å². The van der Waals surface area contributed by atoms with Gasteiger partial charge in [0.25, 0.3) is 0 Å². The maximum Gasteiger partial charge on any atom is 0.196 e. The first-order valence-electron chi connectivity index (χ1n) is 5.89. The lowest BCUT2D eigenvalue weighted by molar-refractivity contribution is 0.103. The summed E-state index contributed by atoms with van der Waals surface area (Å²) in [5.41, 5.74) is 7.22. The molecule has 4 nitrogen and oxygen atoms in total. The number of carbonyl (C=O) groups is 1. The number of para-hydroxylation sites is 1. The molecular formula is C15H14BrNO3. The third kappa shape index (κ3) is 2.63. The number of halogens is 1. The van der Waals surface area contributed by atoms with Crippen molar-refractivity contribution < 1.29 is 14.3 Å². The zero-order valence-electron chi connectivity index (χ0n) is 11.1. The SMILES string of the molecule is COc1cc(Br)c(C(=O)c2ccccc2N)cc1OC. The Morgan fingerprint density at radius 1 is 1.05 bits per heavy atom. The van der Waals surface area contributed by atoms with E-state index in [-0.39, 0.29) is 5.78 Å². The first-order valence-corrected chi connectivity index (χ1v) is 6.68. The van der Waals surface area contributed by atoms with Crippen molar-refractivity contribution >= 4 is 27.4 Å². The van der Waals surface area contributed by atoms with E-state index in [2.05, 4.69) is 15.9 Å². The molecule has 104 valence electrons. The van der Waals surface area contributed by atoms with E-state index < -0.39 is 0 Å². The molecular weight excluding hydrogens is 322 g/mol. The smallest absolute Gasteiger partial charge is 0.196 e. The summed E-state index contributed by atoms with van der Waals surface area (Å²) in [7, 11) is 3.07. The molecule has 0 saturated heterocycles. The van der Waals surface area contributed by atoms with Gasteiger partial charge in [0.15, 0.2) is 17.3 Å². The van der Waals surface area contributed by atoms with E-state index in [1.807, 2.05) is 0 Å². The largest absolute Gasteiger partial charge is 0.493 e. The van der Waals surface area contributed by atoms with Crippen LogP contribution >= 0.6 is 15.9 Å². The number of ketones is 1. The van der Waals surface area contributed by atoms with Crippen LogP contribution in [0.5, 0.6) is 11.5 Å². The summed E-state index contributed by atoms with van der Waals surface area (Å²) < 4.78 is 11.0. The highest BCUT2D eigenvalue weighted by Crippen LogP contribution is 2.34. The fraction of sp³-hybridized carbons (Fsp3) is 0.133. The first kappa shape index (κ1) is 14.4. The number of anilines is 1. The van der Waals surface area contributed by atoms with Crippen molar-refractivity contribution in [1.29, 1.82) is 0 Å². The predicted octanol–water partition coefficient (Wildman–Crippen LogP) is 3.28. The fourth-order valence-electron chi connectivity index (χ4n) is 1.88. The molecule has 0 unspecified atom stereocenters. The molecule has 5 heteroatoms. The summed E-state index contributed by atoms with van der Waals surface area (Å²) in [6, 6.07) is 10.3. The molecule has 0 bridgehead atoms. The number of ether oxygens (including phenoxy) is 2. The van der Waals surface area contributed by atoms with Gasteiger partial charge >= 0.3 is 0 Å². The molecule has 0 spiro atoms. The fourth-order valence-corrected chi connectivity index (χ4v) is 2.38. The van der Waals surface area contributed by atoms with Crippen molar-refractivity contribution in [2.45, 2.75) is 0 Å². The van der Waals surface area contributed by atoms with E-state index in [1.165, 1.54) is 7.11 Å². The quantitative estimate of drug-likeness (QED) is 0.688. The molecule has 0 atom stereocenters. The van der Waals surface area contributed by atoms with E-state index >= 15 is 0 Å². The number of benzene rings is 2. The minimum Gasteiger partial charge on any atom is -0.493 e. The second-order valence-corrected chi connectivity index (χ2v) is 4.96. The Morgan fingerprint density at radius 3 is 2.25 bits per heavy atom. The second kappa shape index (κ2) is 5.96. The average Bonchev–Trinajstić information content (AvgIpc) is 2.46. The van der Waals surface area contributed by atoms with Crippen molar-refractivity contribution in [3.8, 4) is 11.5 Å². The van der Waals surface area contributed by atoms with Crippen LogP contribution in [0.1, 0.15) is 15.9 Å². The zero-order chi connectivity index (χ0) is 14.7. The van der Waals surface area contributed by atoms with Gasteiger partial charge in [-0.3, -0.25) is 4.79 Å². The molecule has 0 aliphatic carbocycles. The van der Waals surface area contributed by atoms with Gasteiger partial charge in [0, 0.05) is 21.3 Å². The summed E-state index contributed by atoms with van der Waals surface area (Å²) >= 11 is 3.38. The maximum atomic E-state index is 12.5. The van der Waals surface area contributed by atoms with Crippen molar-refractivity contribution in [3.05, 3.63) is 52.0 Å². The Labute approximate surface area is 125 Å². The molecule has 0 aliphatic rings. The molecule has 0 aromatic heterocycles. The van der Waals surface area contributed by atoms with Crippen LogP contribution in [0.15, 0.2) is 40.9 Å². The Balaban J connectivity index is 2.53. The molecule has 2 aromatic rings. The van der Waals surface area contributed by atoms with Crippen molar-refractivity contribution in [1.82, 2.24) is 0 Å². The van der Waals surface area contributed by atoms with Gasteiger partial charge in [-0.05, 0) is 40.2 Å². The zero-order valence-corrected chi connectivity index (χ0v) is 12.7. The normalized spacial score (nSPS) is 10.2. The highest BCUT2D eigenvalue weighted by molar-refractivity contribution is 9.10. The van der Waals surface area contributed by atoms with Crippen LogP contribution < -0.4 is 15.2 Å². The average molecular weight is 336 g/mol. The minimum absolute atomic E-state index is 0.170. The molecule has 0 saturated carbocycles. The first-order chi connectivity index (χ1) is 9.58. The van der Waals surface area contributed by atoms with Crippen molar-refractivity contribution in [2.75, 3.05) is 20.0 Å². The maximum absolute atomic E-state index is 12.5. The third-order valence-electron chi connectivity index (χ3n) is 2.92. The predicted molar refractivity (Wildman–Crippen MR) is 81.5 cm³/mol. The van der Waals surface area contributed by atoms with Crippen LogP contribution in [0.2, 0.25) is 0 Å². The van der Waals surface area contributed by atoms with Crippen molar-refractivity contribution in [2.24, 2.45) is 0 Å². The molecule has 2 N–H and O–H groups in total. The summed E-state index contributed by atoms with van der Waals surface area (Å²) in [4.78, 5) is 12.5. The summed E-state index contributed by atoms with van der Waals surface area (Å²) in [5.74, 6) is 0.876. The molecule has 2 rings (SSSR count). The van der Waals surface area contributed by atoms with E-state index in [0.29, 0.717) is 32.8 Å². The van der Waals surface area contributed by atoms with E-state index in [0.717, 1.165) is 0 Å². The lowest BCUT2D eigenvalue weighted by Crippen LogP contribution is -2.06. The molecule has 0 radical (unpaired) electrons. The van der Waals surface area contributed by atoms with Crippen LogP contribution in [0.3, 0.4) is 0 Å². The van der Waals surface area contributed by atoms with Crippen LogP contribution in [0.25, 0.3) is 0 Å². The standard InChI is InChI=1S/C15H14BrNO3/c1-19-13-7-10(11(16)8-14(13)20-2)15(18)9-5-3-4-6-12(9)17/h3-8H,17H2,1-2H3. The van der Waals surface area contributed by atoms with Crippen LogP contribution in [0.4, 0.5) is 5.69 Å². The van der Waals surface area contributed by atoms with Gasteiger partial charge in [0.1, 0.15) is 0 Å². The number of methoxy groups -OCH3 is 2. The van der Waals surface area contributed by atoms with E-state index in [1.54, 1.807) is 43.5 Å². The van der Waals surface area contributed by atoms with Crippen molar-refractivity contribution in [3.63, 3.8) is 0 Å². The van der Waals surface area contributed by atoms with Gasteiger partial charge in [-0.2, -0.15) is 0 Å². The number of carbonyl (C=O) groups excluding carboxylic acids is 1.